The molecule has 1 unspecified atom stereocenters. The molecule has 0 spiro atoms. The summed E-state index contributed by atoms with van der Waals surface area (Å²) in [6, 6.07) is 1.40. The number of nitrogens with zero attached hydrogens (tertiary/aromatic N) is 1. The predicted octanol–water partition coefficient (Wildman–Crippen LogP) is 2.70. The molecule has 1 fully saturated rings. The summed E-state index contributed by atoms with van der Waals surface area (Å²) in [5, 5.41) is 0.635. The number of hydrogen-bond acceptors (Lipinski definition) is 1. The Kier molecular flexibility index (Phi) is 2.19. The average Bonchev–Trinajstić information content (AvgIpc) is 2.15. The summed E-state index contributed by atoms with van der Waals surface area (Å²) in [7, 11) is 1.25. The normalized spacial score (nSPS) is 37.9. The Morgan fingerprint density at radius 3 is 2.18 bits per heavy atom. The molecular formula is C9H21NSi. The zero-order valence-corrected chi connectivity index (χ0v) is 9.57. The minimum atomic E-state index is -1.06. The molecule has 0 aromatic heterocycles. The lowest BCUT2D eigenvalue weighted by Gasteiger charge is -2.39. The largest absolute Gasteiger partial charge is 0.326 e. The lowest BCUT2D eigenvalue weighted by molar-refractivity contribution is 0.543. The van der Waals surface area contributed by atoms with Crippen molar-refractivity contribution in [1.29, 1.82) is 0 Å². The van der Waals surface area contributed by atoms with E-state index in [4.69, 9.17) is 0 Å². The molecule has 66 valence electrons. The number of rotatable bonds is 1. The monoisotopic (exact) mass is 171 g/mol. The smallest absolute Gasteiger partial charge is 0.130 e. The van der Waals surface area contributed by atoms with E-state index in [1.165, 1.54) is 19.0 Å². The van der Waals surface area contributed by atoms with Crippen LogP contribution in [0.3, 0.4) is 0 Å². The predicted molar refractivity (Wildman–Crippen MR) is 53.4 cm³/mol. The van der Waals surface area contributed by atoms with Crippen molar-refractivity contribution in [3.8, 4) is 0 Å². The van der Waals surface area contributed by atoms with Crippen LogP contribution < -0.4 is 0 Å². The van der Waals surface area contributed by atoms with Gasteiger partial charge in [0.05, 0.1) is 0 Å². The topological polar surface area (TPSA) is 3.24 Å². The summed E-state index contributed by atoms with van der Waals surface area (Å²) >= 11 is 0. The molecule has 1 heterocycles. The first-order valence-corrected chi connectivity index (χ1v) is 7.31. The molecule has 0 bridgehead atoms. The van der Waals surface area contributed by atoms with Gasteiger partial charge in [-0.2, -0.15) is 0 Å². The molecular weight excluding hydrogens is 150 g/mol. The van der Waals surface area contributed by atoms with Crippen LogP contribution in [-0.2, 0) is 0 Å². The maximum Gasteiger partial charge on any atom is 0.130 e. The first-order chi connectivity index (χ1) is 4.94. The Morgan fingerprint density at radius 2 is 2.00 bits per heavy atom. The lowest BCUT2D eigenvalue weighted by Crippen LogP contribution is -2.49. The molecule has 0 radical (unpaired) electrons. The van der Waals surface area contributed by atoms with Crippen molar-refractivity contribution in [3.63, 3.8) is 0 Å². The van der Waals surface area contributed by atoms with Crippen LogP contribution in [-0.4, -0.2) is 26.4 Å². The first-order valence-electron chi connectivity index (χ1n) is 4.65. The van der Waals surface area contributed by atoms with Crippen molar-refractivity contribution in [2.75, 3.05) is 13.6 Å². The van der Waals surface area contributed by atoms with Gasteiger partial charge < -0.3 is 4.57 Å². The highest BCUT2D eigenvalue weighted by atomic mass is 28.3. The van der Waals surface area contributed by atoms with Gasteiger partial charge in [-0.05, 0) is 31.1 Å². The maximum absolute atomic E-state index is 2.65. The fourth-order valence-corrected chi connectivity index (χ4v) is 6.01. The summed E-state index contributed by atoms with van der Waals surface area (Å²) in [5.41, 5.74) is 0. The average molecular weight is 171 g/mol. The summed E-state index contributed by atoms with van der Waals surface area (Å²) in [6.45, 7) is 11.1. The standard InChI is InChI=1S/C9H21NSi/c1-6-11(5)9(2,3)7-8-10(11)4/h6-8H2,1-5H3. The van der Waals surface area contributed by atoms with Gasteiger partial charge in [0.2, 0.25) is 0 Å². The van der Waals surface area contributed by atoms with Gasteiger partial charge in [0.1, 0.15) is 8.24 Å². The van der Waals surface area contributed by atoms with Crippen LogP contribution in [0.25, 0.3) is 0 Å². The van der Waals surface area contributed by atoms with E-state index in [-0.39, 0.29) is 0 Å². The van der Waals surface area contributed by atoms with Crippen LogP contribution in [0.5, 0.6) is 0 Å². The molecule has 0 aliphatic carbocycles. The molecule has 1 atom stereocenters. The third kappa shape index (κ3) is 1.16. The molecule has 1 nitrogen and oxygen atoms in total. The highest BCUT2D eigenvalue weighted by Crippen LogP contribution is 2.48. The van der Waals surface area contributed by atoms with E-state index < -0.39 is 8.24 Å². The summed E-state index contributed by atoms with van der Waals surface area (Å²) in [5.74, 6) is 0. The van der Waals surface area contributed by atoms with Crippen LogP contribution >= 0.6 is 0 Å². The first kappa shape index (κ1) is 9.27. The maximum atomic E-state index is 2.65. The fraction of sp³-hybridized carbons (Fsp3) is 1.00. The molecule has 1 rings (SSSR count). The molecule has 1 aliphatic heterocycles. The molecule has 0 N–H and O–H groups in total. The van der Waals surface area contributed by atoms with Gasteiger partial charge in [-0.15, -0.1) is 0 Å². The Balaban J connectivity index is 2.88. The highest BCUT2D eigenvalue weighted by molar-refractivity contribution is 6.79. The Morgan fingerprint density at radius 1 is 1.45 bits per heavy atom. The highest BCUT2D eigenvalue weighted by Gasteiger charge is 2.49. The molecule has 1 saturated heterocycles. The van der Waals surface area contributed by atoms with Gasteiger partial charge in [-0.1, -0.05) is 27.3 Å². The Bertz CT molecular complexity index is 156. The van der Waals surface area contributed by atoms with Crippen LogP contribution in [0.1, 0.15) is 27.2 Å². The van der Waals surface area contributed by atoms with Gasteiger partial charge in [0.15, 0.2) is 0 Å². The summed E-state index contributed by atoms with van der Waals surface area (Å²) < 4.78 is 2.65. The quantitative estimate of drug-likeness (QED) is 0.548. The second kappa shape index (κ2) is 2.59. The van der Waals surface area contributed by atoms with Crippen molar-refractivity contribution in [2.24, 2.45) is 0 Å². The van der Waals surface area contributed by atoms with E-state index in [0.29, 0.717) is 5.04 Å². The van der Waals surface area contributed by atoms with Crippen LogP contribution in [0.15, 0.2) is 0 Å². The van der Waals surface area contributed by atoms with Crippen molar-refractivity contribution in [3.05, 3.63) is 0 Å². The van der Waals surface area contributed by atoms with Crippen LogP contribution in [0.4, 0.5) is 0 Å². The molecule has 2 heteroatoms. The van der Waals surface area contributed by atoms with Gasteiger partial charge in [-0.25, -0.2) is 0 Å². The van der Waals surface area contributed by atoms with Crippen LogP contribution in [0, 0.1) is 0 Å². The molecule has 0 aromatic carbocycles. The van der Waals surface area contributed by atoms with Gasteiger partial charge in [0.25, 0.3) is 0 Å². The van der Waals surface area contributed by atoms with E-state index in [2.05, 4.69) is 38.9 Å². The zero-order chi connectivity index (χ0) is 8.70. The third-order valence-electron chi connectivity index (χ3n) is 4.06. The van der Waals surface area contributed by atoms with E-state index >= 15 is 0 Å². The van der Waals surface area contributed by atoms with E-state index in [9.17, 15) is 0 Å². The number of hydrogen-bond donors (Lipinski definition) is 0. The second-order valence-electron chi connectivity index (χ2n) is 4.68. The zero-order valence-electron chi connectivity index (χ0n) is 8.57. The minimum absolute atomic E-state index is 0.635. The Labute approximate surface area is 71.9 Å². The SMILES string of the molecule is CC[Si]1(C)N(C)CCC1(C)C. The van der Waals surface area contributed by atoms with Crippen molar-refractivity contribution >= 4 is 8.24 Å². The molecule has 1 aliphatic rings. The van der Waals surface area contributed by atoms with Gasteiger partial charge >= 0.3 is 0 Å². The summed E-state index contributed by atoms with van der Waals surface area (Å²) in [4.78, 5) is 0. The molecule has 0 amide bonds. The molecule has 11 heavy (non-hydrogen) atoms. The third-order valence-corrected chi connectivity index (χ3v) is 10.5. The second-order valence-corrected chi connectivity index (χ2v) is 10.1. The van der Waals surface area contributed by atoms with Crippen molar-refractivity contribution < 1.29 is 0 Å². The van der Waals surface area contributed by atoms with E-state index in [0.717, 1.165) is 0 Å². The van der Waals surface area contributed by atoms with Crippen LogP contribution in [0.2, 0.25) is 17.6 Å². The van der Waals surface area contributed by atoms with E-state index in [1.54, 1.807) is 0 Å². The van der Waals surface area contributed by atoms with Gasteiger partial charge in [-0.3, -0.25) is 0 Å². The molecule has 0 saturated carbocycles. The van der Waals surface area contributed by atoms with E-state index in [1.807, 2.05) is 0 Å². The summed E-state index contributed by atoms with van der Waals surface area (Å²) in [6.07, 6.45) is 1.40. The van der Waals surface area contributed by atoms with Crippen molar-refractivity contribution in [2.45, 2.75) is 44.8 Å². The van der Waals surface area contributed by atoms with Crippen molar-refractivity contribution in [1.82, 2.24) is 4.57 Å². The Hall–Kier alpha value is 0.177. The minimum Gasteiger partial charge on any atom is -0.326 e. The fourth-order valence-electron chi connectivity index (χ4n) is 2.23. The lowest BCUT2D eigenvalue weighted by atomic mass is 10.1. The molecule has 0 aromatic rings. The van der Waals surface area contributed by atoms with Gasteiger partial charge in [0, 0.05) is 0 Å².